The molecular formula is C33H39N3O8. The van der Waals surface area contributed by atoms with Crippen molar-refractivity contribution in [3.8, 4) is 57.2 Å². The Hall–Kier alpha value is -4.29. The van der Waals surface area contributed by atoms with Crippen LogP contribution in [0.4, 0.5) is 0 Å². The Morgan fingerprint density at radius 2 is 1.05 bits per heavy atom. The molecule has 0 saturated carbocycles. The molecule has 0 aliphatic carbocycles. The van der Waals surface area contributed by atoms with Crippen molar-refractivity contribution in [2.45, 2.75) is 38.9 Å². The molecule has 0 aliphatic rings. The van der Waals surface area contributed by atoms with E-state index in [0.29, 0.717) is 41.7 Å². The monoisotopic (exact) mass is 605 g/mol. The van der Waals surface area contributed by atoms with Gasteiger partial charge in [-0.05, 0) is 37.1 Å². The Labute approximate surface area is 256 Å². The summed E-state index contributed by atoms with van der Waals surface area (Å²) in [4.78, 5) is 13.8. The van der Waals surface area contributed by atoms with Gasteiger partial charge in [-0.1, -0.05) is 44.2 Å². The lowest BCUT2D eigenvalue weighted by Crippen LogP contribution is -2.23. The van der Waals surface area contributed by atoms with E-state index in [-0.39, 0.29) is 49.6 Å². The summed E-state index contributed by atoms with van der Waals surface area (Å²) >= 11 is 0. The number of aliphatic hydroxyl groups excluding tert-OH is 2. The molecule has 4 aromatic rings. The second-order valence-electron chi connectivity index (χ2n) is 10.1. The zero-order chi connectivity index (χ0) is 31.3. The Kier molecular flexibility index (Phi) is 12.3. The molecule has 0 spiro atoms. The van der Waals surface area contributed by atoms with Crippen LogP contribution in [0.2, 0.25) is 0 Å². The molecule has 234 valence electrons. The smallest absolute Gasteiger partial charge is 0.167 e. The molecule has 4 N–H and O–H groups in total. The summed E-state index contributed by atoms with van der Waals surface area (Å²) in [6.07, 6.45) is 0.0931. The van der Waals surface area contributed by atoms with Crippen molar-refractivity contribution in [3.63, 3.8) is 0 Å². The van der Waals surface area contributed by atoms with E-state index in [1.165, 1.54) is 12.1 Å². The molecule has 3 aromatic carbocycles. The summed E-state index contributed by atoms with van der Waals surface area (Å²) in [6, 6.07) is 18.7. The predicted molar refractivity (Wildman–Crippen MR) is 165 cm³/mol. The maximum atomic E-state index is 10.9. The van der Waals surface area contributed by atoms with Gasteiger partial charge in [-0.2, -0.15) is 0 Å². The SMILES string of the molecule is CCCOCC(O)COc1ccc(-c2nc(-c3ccccc3)nc(-c3ccc(OCC(O)COCCC)cc3O)n2)c(O)c1. The van der Waals surface area contributed by atoms with Crippen LogP contribution in [-0.2, 0) is 9.47 Å². The molecule has 0 bridgehead atoms. The van der Waals surface area contributed by atoms with Gasteiger partial charge in [-0.3, -0.25) is 0 Å². The Balaban J connectivity index is 1.58. The number of hydrogen-bond donors (Lipinski definition) is 4. The molecule has 0 saturated heterocycles. The van der Waals surface area contributed by atoms with E-state index in [4.69, 9.17) is 18.9 Å². The summed E-state index contributed by atoms with van der Waals surface area (Å²) in [7, 11) is 0. The number of ether oxygens (including phenoxy) is 4. The van der Waals surface area contributed by atoms with Crippen molar-refractivity contribution >= 4 is 0 Å². The lowest BCUT2D eigenvalue weighted by atomic mass is 10.1. The van der Waals surface area contributed by atoms with Gasteiger partial charge in [0.25, 0.3) is 0 Å². The third kappa shape index (κ3) is 9.35. The topological polar surface area (TPSA) is 157 Å². The van der Waals surface area contributed by atoms with Gasteiger partial charge in [0.2, 0.25) is 0 Å². The molecule has 0 fully saturated rings. The molecule has 2 unspecified atom stereocenters. The fraction of sp³-hybridized carbons (Fsp3) is 0.364. The Morgan fingerprint density at radius 3 is 1.48 bits per heavy atom. The van der Waals surface area contributed by atoms with Crippen LogP contribution >= 0.6 is 0 Å². The largest absolute Gasteiger partial charge is 0.507 e. The minimum atomic E-state index is -0.808. The molecule has 1 heterocycles. The summed E-state index contributed by atoms with van der Waals surface area (Å²) in [5.74, 6) is 1.15. The number of rotatable bonds is 17. The number of hydrogen-bond acceptors (Lipinski definition) is 11. The van der Waals surface area contributed by atoms with Crippen LogP contribution in [-0.4, -0.2) is 87.2 Å². The van der Waals surface area contributed by atoms with Gasteiger partial charge in [0.15, 0.2) is 17.5 Å². The minimum Gasteiger partial charge on any atom is -0.507 e. The van der Waals surface area contributed by atoms with Gasteiger partial charge in [-0.25, -0.2) is 15.0 Å². The van der Waals surface area contributed by atoms with Gasteiger partial charge in [0.05, 0.1) is 24.3 Å². The van der Waals surface area contributed by atoms with E-state index in [0.717, 1.165) is 18.4 Å². The summed E-state index contributed by atoms with van der Waals surface area (Å²) in [5.41, 5.74) is 1.36. The maximum absolute atomic E-state index is 10.9. The molecule has 11 heteroatoms. The van der Waals surface area contributed by atoms with E-state index in [9.17, 15) is 20.4 Å². The number of aromatic nitrogens is 3. The average Bonchev–Trinajstić information content (AvgIpc) is 3.03. The fourth-order valence-corrected chi connectivity index (χ4v) is 4.12. The molecule has 0 aliphatic heterocycles. The van der Waals surface area contributed by atoms with Crippen molar-refractivity contribution in [1.82, 2.24) is 15.0 Å². The average molecular weight is 606 g/mol. The highest BCUT2D eigenvalue weighted by atomic mass is 16.5. The lowest BCUT2D eigenvalue weighted by molar-refractivity contribution is 0.0123. The van der Waals surface area contributed by atoms with Gasteiger partial charge < -0.3 is 39.4 Å². The molecule has 4 rings (SSSR count). The van der Waals surface area contributed by atoms with E-state index in [1.807, 2.05) is 44.2 Å². The van der Waals surface area contributed by atoms with Crippen molar-refractivity contribution in [3.05, 3.63) is 66.7 Å². The first-order chi connectivity index (χ1) is 21.4. The summed E-state index contributed by atoms with van der Waals surface area (Å²) in [6.45, 7) is 5.40. The summed E-state index contributed by atoms with van der Waals surface area (Å²) < 4.78 is 21.9. The third-order valence-corrected chi connectivity index (χ3v) is 6.29. The van der Waals surface area contributed by atoms with Crippen molar-refractivity contribution in [2.24, 2.45) is 0 Å². The van der Waals surface area contributed by atoms with Crippen molar-refractivity contribution in [2.75, 3.05) is 39.6 Å². The number of phenols is 2. The molecule has 11 nitrogen and oxygen atoms in total. The standard InChI is InChI=1S/C33H39N3O8/c1-3-14-41-18-23(37)20-43-25-10-12-27(29(39)16-25)32-34-31(22-8-6-5-7-9-22)35-33(36-32)28-13-11-26(17-30(28)40)44-21-24(38)19-42-15-4-2/h5-13,16-17,23-24,37-40H,3-4,14-15,18-21H2,1-2H3. The molecule has 1 aromatic heterocycles. The van der Waals surface area contributed by atoms with E-state index in [1.54, 1.807) is 24.3 Å². The number of nitrogens with zero attached hydrogens (tertiary/aromatic N) is 3. The molecule has 44 heavy (non-hydrogen) atoms. The van der Waals surface area contributed by atoms with Crippen molar-refractivity contribution < 1.29 is 39.4 Å². The second kappa shape index (κ2) is 16.5. The van der Waals surface area contributed by atoms with E-state index < -0.39 is 12.2 Å². The Bertz CT molecular complexity index is 1380. The van der Waals surface area contributed by atoms with E-state index >= 15 is 0 Å². The molecule has 0 radical (unpaired) electrons. The van der Waals surface area contributed by atoms with Crippen LogP contribution in [0.15, 0.2) is 66.7 Å². The minimum absolute atomic E-state index is 0.00113. The highest BCUT2D eigenvalue weighted by Gasteiger charge is 2.18. The fourth-order valence-electron chi connectivity index (χ4n) is 4.12. The highest BCUT2D eigenvalue weighted by Crippen LogP contribution is 2.35. The quantitative estimate of drug-likeness (QED) is 0.125. The van der Waals surface area contributed by atoms with Crippen molar-refractivity contribution in [1.29, 1.82) is 0 Å². The first-order valence-corrected chi connectivity index (χ1v) is 14.6. The van der Waals surface area contributed by atoms with Crippen LogP contribution in [0, 0.1) is 0 Å². The number of aliphatic hydroxyl groups is 2. The van der Waals surface area contributed by atoms with Gasteiger partial charge in [0, 0.05) is 30.9 Å². The first kappa shape index (κ1) is 32.6. The molecule has 2 atom stereocenters. The van der Waals surface area contributed by atoms with E-state index in [2.05, 4.69) is 15.0 Å². The zero-order valence-electron chi connectivity index (χ0n) is 24.9. The normalized spacial score (nSPS) is 12.5. The summed E-state index contributed by atoms with van der Waals surface area (Å²) in [5, 5.41) is 41.9. The predicted octanol–water partition coefficient (Wildman–Crippen LogP) is 4.62. The van der Waals surface area contributed by atoms with Crippen LogP contribution < -0.4 is 9.47 Å². The second-order valence-corrected chi connectivity index (χ2v) is 10.1. The number of aromatic hydroxyl groups is 2. The van der Waals surface area contributed by atoms with Gasteiger partial charge >= 0.3 is 0 Å². The first-order valence-electron chi connectivity index (χ1n) is 14.6. The molecule has 0 amide bonds. The lowest BCUT2D eigenvalue weighted by Gasteiger charge is -2.14. The highest BCUT2D eigenvalue weighted by molar-refractivity contribution is 5.72. The zero-order valence-corrected chi connectivity index (χ0v) is 24.9. The molecular weight excluding hydrogens is 566 g/mol. The Morgan fingerprint density at radius 1 is 0.591 bits per heavy atom. The van der Waals surface area contributed by atoms with Crippen LogP contribution in [0.3, 0.4) is 0 Å². The number of phenolic OH excluding ortho intramolecular Hbond substituents is 2. The van der Waals surface area contributed by atoms with Gasteiger partial charge in [-0.15, -0.1) is 0 Å². The van der Waals surface area contributed by atoms with Gasteiger partial charge in [0.1, 0.15) is 48.4 Å². The van der Waals surface area contributed by atoms with Crippen LogP contribution in [0.1, 0.15) is 26.7 Å². The third-order valence-electron chi connectivity index (χ3n) is 6.29. The van der Waals surface area contributed by atoms with Crippen LogP contribution in [0.5, 0.6) is 23.0 Å². The van der Waals surface area contributed by atoms with Crippen LogP contribution in [0.25, 0.3) is 34.2 Å². The number of benzene rings is 3. The maximum Gasteiger partial charge on any atom is 0.167 e.